The molecular weight excluding hydrogens is 168 g/mol. The van der Waals surface area contributed by atoms with E-state index in [0.29, 0.717) is 5.92 Å². The Kier molecular flexibility index (Phi) is 3.63. The summed E-state index contributed by atoms with van der Waals surface area (Å²) in [5.74, 6) is 0.735. The Balaban J connectivity index is 2.71. The van der Waals surface area contributed by atoms with Gasteiger partial charge in [-0.25, -0.2) is 0 Å². The van der Waals surface area contributed by atoms with Gasteiger partial charge in [-0.3, -0.25) is 0 Å². The molecule has 0 heterocycles. The van der Waals surface area contributed by atoms with Crippen molar-refractivity contribution in [3.05, 3.63) is 29.8 Å². The van der Waals surface area contributed by atoms with Gasteiger partial charge in [0.15, 0.2) is 0 Å². The highest BCUT2D eigenvalue weighted by Gasteiger charge is 1.98. The summed E-state index contributed by atoms with van der Waals surface area (Å²) >= 11 is 1.45. The molecule has 1 nitrogen and oxygen atoms in total. The van der Waals surface area contributed by atoms with Crippen molar-refractivity contribution in [3.63, 3.8) is 0 Å². The molecule has 12 heavy (non-hydrogen) atoms. The van der Waals surface area contributed by atoms with Crippen LogP contribution in [0.3, 0.4) is 0 Å². The first-order chi connectivity index (χ1) is 5.74. The highest BCUT2D eigenvalue weighted by molar-refractivity contribution is 7.99. The summed E-state index contributed by atoms with van der Waals surface area (Å²) in [7, 11) is 0. The van der Waals surface area contributed by atoms with Crippen LogP contribution in [0.15, 0.2) is 29.2 Å². The van der Waals surface area contributed by atoms with Gasteiger partial charge in [0, 0.05) is 4.90 Å². The van der Waals surface area contributed by atoms with Gasteiger partial charge in [0.25, 0.3) is 0 Å². The zero-order chi connectivity index (χ0) is 8.97. The van der Waals surface area contributed by atoms with Crippen molar-refractivity contribution in [2.45, 2.75) is 24.7 Å². The number of aliphatic hydroxyl groups is 1. The predicted molar refractivity (Wildman–Crippen MR) is 53.5 cm³/mol. The Morgan fingerprint density at radius 3 is 2.25 bits per heavy atom. The normalized spacial score (nSPS) is 10.7. The second-order valence-corrected chi connectivity index (χ2v) is 4.02. The molecule has 66 valence electrons. The van der Waals surface area contributed by atoms with E-state index in [4.69, 9.17) is 5.11 Å². The molecule has 0 unspecified atom stereocenters. The number of hydrogen-bond donors (Lipinski definition) is 1. The summed E-state index contributed by atoms with van der Waals surface area (Å²) in [5, 5.41) is 8.66. The molecular formula is C10H14OS. The molecule has 0 fully saturated rings. The van der Waals surface area contributed by atoms with Crippen LogP contribution in [0.5, 0.6) is 0 Å². The number of benzene rings is 1. The van der Waals surface area contributed by atoms with Crippen molar-refractivity contribution in [1.82, 2.24) is 0 Å². The first-order valence-corrected chi connectivity index (χ1v) is 5.06. The van der Waals surface area contributed by atoms with Gasteiger partial charge in [0.05, 0.1) is 5.94 Å². The van der Waals surface area contributed by atoms with Gasteiger partial charge in [-0.2, -0.15) is 0 Å². The molecule has 0 spiro atoms. The van der Waals surface area contributed by atoms with E-state index in [1.54, 1.807) is 0 Å². The molecule has 0 aromatic heterocycles. The lowest BCUT2D eigenvalue weighted by Crippen LogP contribution is -1.85. The minimum Gasteiger partial charge on any atom is -0.385 e. The highest BCUT2D eigenvalue weighted by atomic mass is 32.2. The quantitative estimate of drug-likeness (QED) is 0.573. The van der Waals surface area contributed by atoms with Crippen LogP contribution in [0.4, 0.5) is 0 Å². The molecule has 1 aromatic carbocycles. The molecule has 1 rings (SSSR count). The Labute approximate surface area is 77.8 Å². The van der Waals surface area contributed by atoms with E-state index in [1.807, 2.05) is 0 Å². The van der Waals surface area contributed by atoms with Crippen LogP contribution in [0.25, 0.3) is 0 Å². The molecule has 0 radical (unpaired) electrons. The summed E-state index contributed by atoms with van der Waals surface area (Å²) < 4.78 is 0. The molecule has 0 atom stereocenters. The van der Waals surface area contributed by atoms with E-state index >= 15 is 0 Å². The second kappa shape index (κ2) is 4.53. The molecule has 0 aliphatic rings. The molecule has 0 amide bonds. The van der Waals surface area contributed by atoms with Crippen LogP contribution in [-0.4, -0.2) is 11.0 Å². The van der Waals surface area contributed by atoms with Gasteiger partial charge in [-0.15, -0.1) is 0 Å². The van der Waals surface area contributed by atoms with Crippen LogP contribution in [0.1, 0.15) is 25.3 Å². The van der Waals surface area contributed by atoms with Crippen molar-refractivity contribution in [2.75, 3.05) is 5.94 Å². The maximum Gasteiger partial charge on any atom is 0.0932 e. The molecule has 1 N–H and O–H groups in total. The summed E-state index contributed by atoms with van der Waals surface area (Å²) in [6.07, 6.45) is 0. The Morgan fingerprint density at radius 2 is 1.83 bits per heavy atom. The molecule has 0 aliphatic heterocycles. The lowest BCUT2D eigenvalue weighted by atomic mass is 10.0. The largest absolute Gasteiger partial charge is 0.385 e. The first kappa shape index (κ1) is 9.62. The minimum atomic E-state index is 0.154. The van der Waals surface area contributed by atoms with E-state index < -0.39 is 0 Å². The molecule has 0 saturated heterocycles. The maximum absolute atomic E-state index is 8.66. The lowest BCUT2D eigenvalue weighted by molar-refractivity contribution is 0.375. The Morgan fingerprint density at radius 1 is 1.25 bits per heavy atom. The van der Waals surface area contributed by atoms with Crippen molar-refractivity contribution in [3.8, 4) is 0 Å². The summed E-state index contributed by atoms with van der Waals surface area (Å²) in [4.78, 5) is 1.13. The SMILES string of the molecule is CC(C)c1ccc(SCO)cc1. The number of aliphatic hydroxyl groups excluding tert-OH is 1. The predicted octanol–water partition coefficient (Wildman–Crippen LogP) is 2.85. The fourth-order valence-corrected chi connectivity index (χ4v) is 1.50. The third-order valence-corrected chi connectivity index (χ3v) is 2.51. The molecule has 0 saturated carbocycles. The fourth-order valence-electron chi connectivity index (χ4n) is 1.02. The number of hydrogen-bond acceptors (Lipinski definition) is 2. The minimum absolute atomic E-state index is 0.154. The van der Waals surface area contributed by atoms with Crippen molar-refractivity contribution in [2.24, 2.45) is 0 Å². The smallest absolute Gasteiger partial charge is 0.0932 e. The van der Waals surface area contributed by atoms with Crippen molar-refractivity contribution < 1.29 is 5.11 Å². The molecule has 0 bridgehead atoms. The highest BCUT2D eigenvalue weighted by Crippen LogP contribution is 2.20. The monoisotopic (exact) mass is 182 g/mol. The van der Waals surface area contributed by atoms with Crippen LogP contribution >= 0.6 is 11.8 Å². The van der Waals surface area contributed by atoms with E-state index in [9.17, 15) is 0 Å². The summed E-state index contributed by atoms with van der Waals surface area (Å²) in [5.41, 5.74) is 1.34. The van der Waals surface area contributed by atoms with E-state index in [0.717, 1.165) is 4.90 Å². The van der Waals surface area contributed by atoms with Crippen molar-refractivity contribution >= 4 is 11.8 Å². The van der Waals surface area contributed by atoms with Crippen LogP contribution < -0.4 is 0 Å². The number of thioether (sulfide) groups is 1. The van der Waals surface area contributed by atoms with Gasteiger partial charge < -0.3 is 5.11 Å². The zero-order valence-corrected chi connectivity index (χ0v) is 8.27. The molecule has 1 aromatic rings. The zero-order valence-electron chi connectivity index (χ0n) is 7.45. The average molecular weight is 182 g/mol. The van der Waals surface area contributed by atoms with Crippen LogP contribution in [0.2, 0.25) is 0 Å². The van der Waals surface area contributed by atoms with Gasteiger partial charge in [0.2, 0.25) is 0 Å². The fraction of sp³-hybridized carbons (Fsp3) is 0.400. The average Bonchev–Trinajstić information content (AvgIpc) is 2.06. The first-order valence-electron chi connectivity index (χ1n) is 4.07. The van der Waals surface area contributed by atoms with E-state index in [2.05, 4.69) is 38.1 Å². The Hall–Kier alpha value is -0.470. The Bertz CT molecular complexity index is 228. The van der Waals surface area contributed by atoms with Gasteiger partial charge >= 0.3 is 0 Å². The second-order valence-electron chi connectivity index (χ2n) is 3.00. The summed E-state index contributed by atoms with van der Waals surface area (Å²) in [6.45, 7) is 4.35. The summed E-state index contributed by atoms with van der Waals surface area (Å²) in [6, 6.07) is 8.33. The van der Waals surface area contributed by atoms with E-state index in [1.165, 1.54) is 17.3 Å². The molecule has 2 heteroatoms. The lowest BCUT2D eigenvalue weighted by Gasteiger charge is -2.05. The van der Waals surface area contributed by atoms with Crippen LogP contribution in [-0.2, 0) is 0 Å². The molecule has 0 aliphatic carbocycles. The number of rotatable bonds is 3. The van der Waals surface area contributed by atoms with Gasteiger partial charge in [-0.1, -0.05) is 37.7 Å². The van der Waals surface area contributed by atoms with Crippen molar-refractivity contribution in [1.29, 1.82) is 0 Å². The third-order valence-electron chi connectivity index (χ3n) is 1.78. The van der Waals surface area contributed by atoms with E-state index in [-0.39, 0.29) is 5.94 Å². The third kappa shape index (κ3) is 2.54. The maximum atomic E-state index is 8.66. The van der Waals surface area contributed by atoms with Crippen LogP contribution in [0, 0.1) is 0 Å². The topological polar surface area (TPSA) is 20.2 Å². The van der Waals surface area contributed by atoms with Gasteiger partial charge in [0.1, 0.15) is 0 Å². The van der Waals surface area contributed by atoms with Gasteiger partial charge in [-0.05, 0) is 23.6 Å². The standard InChI is InChI=1S/C10H14OS/c1-8(2)9-3-5-10(6-4-9)12-7-11/h3-6,8,11H,7H2,1-2H3.